The van der Waals surface area contributed by atoms with Gasteiger partial charge in [-0.1, -0.05) is 47.0 Å². The molecule has 14 heavy (non-hydrogen) atoms. The maximum Gasteiger partial charge on any atom is -0.0230 e. The monoisotopic (exact) mass is 194 g/mol. The second-order valence-corrected chi connectivity index (χ2v) is 6.44. The van der Waals surface area contributed by atoms with Crippen LogP contribution in [0.5, 0.6) is 0 Å². The first-order chi connectivity index (χ1) is 6.56. The summed E-state index contributed by atoms with van der Waals surface area (Å²) >= 11 is 0. The summed E-state index contributed by atoms with van der Waals surface area (Å²) in [7, 11) is 0. The second-order valence-electron chi connectivity index (χ2n) is 6.44. The molecule has 2 aliphatic carbocycles. The van der Waals surface area contributed by atoms with Gasteiger partial charge in [0.05, 0.1) is 0 Å². The van der Waals surface area contributed by atoms with Crippen LogP contribution in [0.1, 0.15) is 66.2 Å². The van der Waals surface area contributed by atoms with E-state index in [0.29, 0.717) is 5.41 Å². The molecule has 0 nitrogen and oxygen atoms in total. The third kappa shape index (κ3) is 1.42. The fourth-order valence-electron chi connectivity index (χ4n) is 4.24. The van der Waals surface area contributed by atoms with E-state index in [1.54, 1.807) is 6.42 Å². The van der Waals surface area contributed by atoms with Crippen LogP contribution in [-0.2, 0) is 0 Å². The van der Waals surface area contributed by atoms with E-state index >= 15 is 0 Å². The van der Waals surface area contributed by atoms with Crippen molar-refractivity contribution in [1.29, 1.82) is 0 Å². The Bertz CT molecular complexity index is 210. The van der Waals surface area contributed by atoms with Crippen molar-refractivity contribution in [3.63, 3.8) is 0 Å². The van der Waals surface area contributed by atoms with Crippen LogP contribution in [0.3, 0.4) is 0 Å². The van der Waals surface area contributed by atoms with Gasteiger partial charge >= 0.3 is 0 Å². The molecule has 0 spiro atoms. The van der Waals surface area contributed by atoms with Gasteiger partial charge in [0.2, 0.25) is 0 Å². The van der Waals surface area contributed by atoms with Crippen LogP contribution in [0.4, 0.5) is 0 Å². The molecule has 0 aliphatic heterocycles. The minimum absolute atomic E-state index is 0.590. The predicted molar refractivity (Wildman–Crippen MR) is 62.2 cm³/mol. The number of fused-ring (bicyclic) bond motifs is 1. The lowest BCUT2D eigenvalue weighted by Gasteiger charge is -2.29. The van der Waals surface area contributed by atoms with Crippen LogP contribution in [-0.4, -0.2) is 0 Å². The molecule has 3 atom stereocenters. The van der Waals surface area contributed by atoms with Crippen LogP contribution < -0.4 is 0 Å². The molecule has 0 saturated heterocycles. The molecule has 0 bridgehead atoms. The summed E-state index contributed by atoms with van der Waals surface area (Å²) in [6.45, 7) is 9.66. The van der Waals surface area contributed by atoms with Crippen molar-refractivity contribution in [2.24, 2.45) is 22.7 Å². The fourth-order valence-corrected chi connectivity index (χ4v) is 4.24. The van der Waals surface area contributed by atoms with E-state index in [9.17, 15) is 0 Å². The lowest BCUT2D eigenvalue weighted by molar-refractivity contribution is 0.221. The lowest BCUT2D eigenvalue weighted by Crippen LogP contribution is -2.18. The largest absolute Gasteiger partial charge is 0.0651 e. The molecule has 2 fully saturated rings. The summed E-state index contributed by atoms with van der Waals surface area (Å²) in [4.78, 5) is 0. The maximum atomic E-state index is 2.46. The maximum absolute atomic E-state index is 2.46. The number of hydrogen-bond acceptors (Lipinski definition) is 0. The zero-order valence-corrected chi connectivity index (χ0v) is 10.4. The van der Waals surface area contributed by atoms with E-state index < -0.39 is 0 Å². The van der Waals surface area contributed by atoms with Gasteiger partial charge < -0.3 is 0 Å². The van der Waals surface area contributed by atoms with Crippen molar-refractivity contribution in [2.75, 3.05) is 0 Å². The number of rotatable bonds is 4. The minimum Gasteiger partial charge on any atom is -0.0651 e. The highest BCUT2D eigenvalue weighted by atomic mass is 14.7. The third-order valence-corrected chi connectivity index (χ3v) is 5.22. The Morgan fingerprint density at radius 1 is 1.29 bits per heavy atom. The van der Waals surface area contributed by atoms with Crippen molar-refractivity contribution in [1.82, 2.24) is 0 Å². The first-order valence-electron chi connectivity index (χ1n) is 6.56. The zero-order valence-electron chi connectivity index (χ0n) is 10.4. The van der Waals surface area contributed by atoms with E-state index in [0.717, 1.165) is 17.3 Å². The molecule has 0 heterocycles. The van der Waals surface area contributed by atoms with Gasteiger partial charge in [-0.05, 0) is 41.9 Å². The molecular weight excluding hydrogens is 168 g/mol. The Morgan fingerprint density at radius 3 is 2.50 bits per heavy atom. The molecule has 82 valence electrons. The summed E-state index contributed by atoms with van der Waals surface area (Å²) in [5, 5.41) is 0. The standard InChI is InChI=1S/C14H26/c1-5-11-12-8-7-9-14(11,12)10-13(3,4)6-2/h11-12H,5-10H2,1-4H3/t11-,12+,14?/m1/s1. The smallest absolute Gasteiger partial charge is 0.0230 e. The van der Waals surface area contributed by atoms with Gasteiger partial charge in [-0.25, -0.2) is 0 Å². The molecule has 0 heteroatoms. The van der Waals surface area contributed by atoms with Crippen molar-refractivity contribution < 1.29 is 0 Å². The van der Waals surface area contributed by atoms with Gasteiger partial charge in [0, 0.05) is 0 Å². The second kappa shape index (κ2) is 3.25. The average Bonchev–Trinajstić information content (AvgIpc) is 2.50. The zero-order chi connectivity index (χ0) is 10.4. The molecule has 0 N–H and O–H groups in total. The highest BCUT2D eigenvalue weighted by molar-refractivity contribution is 5.14. The van der Waals surface area contributed by atoms with Gasteiger partial charge in [-0.15, -0.1) is 0 Å². The highest BCUT2D eigenvalue weighted by Crippen LogP contribution is 2.73. The summed E-state index contributed by atoms with van der Waals surface area (Å²) in [5.74, 6) is 2.22. The third-order valence-electron chi connectivity index (χ3n) is 5.22. The molecule has 2 rings (SSSR count). The van der Waals surface area contributed by atoms with Gasteiger partial charge in [0.25, 0.3) is 0 Å². The van der Waals surface area contributed by atoms with Crippen molar-refractivity contribution >= 4 is 0 Å². The van der Waals surface area contributed by atoms with Gasteiger partial charge in [-0.3, -0.25) is 0 Å². The summed E-state index contributed by atoms with van der Waals surface area (Å²) in [6, 6.07) is 0. The summed E-state index contributed by atoms with van der Waals surface area (Å²) in [5.41, 5.74) is 1.40. The molecule has 0 aromatic carbocycles. The Morgan fingerprint density at radius 2 is 2.00 bits per heavy atom. The van der Waals surface area contributed by atoms with E-state index in [-0.39, 0.29) is 0 Å². The first-order valence-corrected chi connectivity index (χ1v) is 6.56. The Hall–Kier alpha value is 0. The lowest BCUT2D eigenvalue weighted by atomic mass is 9.77. The quantitative estimate of drug-likeness (QED) is 0.611. The minimum atomic E-state index is 0.590. The summed E-state index contributed by atoms with van der Waals surface area (Å²) in [6.07, 6.45) is 8.88. The van der Waals surface area contributed by atoms with Crippen LogP contribution in [0.25, 0.3) is 0 Å². The molecule has 0 aromatic heterocycles. The van der Waals surface area contributed by atoms with Gasteiger partial charge in [-0.2, -0.15) is 0 Å². The number of hydrogen-bond donors (Lipinski definition) is 0. The SMILES string of the molecule is CC[C@@H]1[C@@H]2CCCC12CC(C)(C)CC. The van der Waals surface area contributed by atoms with Crippen LogP contribution >= 0.6 is 0 Å². The first kappa shape index (κ1) is 10.5. The van der Waals surface area contributed by atoms with E-state index in [1.165, 1.54) is 32.1 Å². The highest BCUT2D eigenvalue weighted by Gasteiger charge is 2.65. The molecule has 1 unspecified atom stereocenters. The van der Waals surface area contributed by atoms with Crippen LogP contribution in [0.2, 0.25) is 0 Å². The van der Waals surface area contributed by atoms with Crippen molar-refractivity contribution in [2.45, 2.75) is 66.2 Å². The van der Waals surface area contributed by atoms with Crippen LogP contribution in [0.15, 0.2) is 0 Å². The Balaban J connectivity index is 2.03. The molecule has 2 aliphatic rings. The van der Waals surface area contributed by atoms with Crippen LogP contribution in [0, 0.1) is 22.7 Å². The molecule has 0 amide bonds. The molecule has 0 aromatic rings. The molecule has 2 saturated carbocycles. The Labute approximate surface area is 89.5 Å². The van der Waals surface area contributed by atoms with Gasteiger partial charge in [0.1, 0.15) is 0 Å². The van der Waals surface area contributed by atoms with E-state index in [2.05, 4.69) is 27.7 Å². The van der Waals surface area contributed by atoms with E-state index in [4.69, 9.17) is 0 Å². The van der Waals surface area contributed by atoms with Crippen molar-refractivity contribution in [3.05, 3.63) is 0 Å². The van der Waals surface area contributed by atoms with Crippen molar-refractivity contribution in [3.8, 4) is 0 Å². The summed E-state index contributed by atoms with van der Waals surface area (Å²) < 4.78 is 0. The van der Waals surface area contributed by atoms with E-state index in [1.807, 2.05) is 0 Å². The predicted octanol–water partition coefficient (Wildman–Crippen LogP) is 4.64. The molecular formula is C14H26. The van der Waals surface area contributed by atoms with Gasteiger partial charge in [0.15, 0.2) is 0 Å². The normalized spacial score (nSPS) is 41.1. The average molecular weight is 194 g/mol. The molecule has 0 radical (unpaired) electrons. The topological polar surface area (TPSA) is 0 Å². The fraction of sp³-hybridized carbons (Fsp3) is 1.00. The Kier molecular flexibility index (Phi) is 2.44.